The van der Waals surface area contributed by atoms with Gasteiger partial charge in [-0.2, -0.15) is 5.10 Å². The first-order valence-electron chi connectivity index (χ1n) is 10.1. The number of carbonyl (C=O) groups is 1. The van der Waals surface area contributed by atoms with Crippen LogP contribution < -0.4 is 4.74 Å². The third-order valence-electron chi connectivity index (χ3n) is 5.25. The van der Waals surface area contributed by atoms with Gasteiger partial charge in [0, 0.05) is 50.3 Å². The zero-order valence-corrected chi connectivity index (χ0v) is 17.0. The lowest BCUT2D eigenvalue weighted by Crippen LogP contribution is -2.49. The number of fused-ring (bicyclic) bond motifs is 1. The number of aromatic nitrogens is 3. The van der Waals surface area contributed by atoms with Crippen molar-refractivity contribution in [1.29, 1.82) is 0 Å². The molecule has 4 rings (SSSR count). The molecule has 1 fully saturated rings. The van der Waals surface area contributed by atoms with Crippen LogP contribution in [0.3, 0.4) is 0 Å². The molecule has 0 unspecified atom stereocenters. The normalized spacial score (nSPS) is 15.2. The van der Waals surface area contributed by atoms with E-state index in [4.69, 9.17) is 4.74 Å². The molecule has 7 nitrogen and oxygen atoms in total. The van der Waals surface area contributed by atoms with Gasteiger partial charge in [-0.15, -0.1) is 0 Å². The zero-order chi connectivity index (χ0) is 20.2. The van der Waals surface area contributed by atoms with E-state index in [2.05, 4.69) is 28.8 Å². The van der Waals surface area contributed by atoms with Crippen molar-refractivity contribution < 1.29 is 9.53 Å². The van der Waals surface area contributed by atoms with Crippen LogP contribution in [0, 0.1) is 0 Å². The van der Waals surface area contributed by atoms with Crippen LogP contribution in [-0.2, 0) is 0 Å². The third-order valence-corrected chi connectivity index (χ3v) is 5.25. The third kappa shape index (κ3) is 4.40. The molecular formula is C22H27N5O2. The second-order valence-corrected chi connectivity index (χ2v) is 7.62. The fraction of sp³-hybridized carbons (Fsp3) is 0.409. The second kappa shape index (κ2) is 8.61. The minimum absolute atomic E-state index is 0.0388. The summed E-state index contributed by atoms with van der Waals surface area (Å²) in [6.07, 6.45) is 3.45. The highest BCUT2D eigenvalue weighted by atomic mass is 16.5. The van der Waals surface area contributed by atoms with E-state index < -0.39 is 0 Å². The highest BCUT2D eigenvalue weighted by Crippen LogP contribution is 2.18. The molecule has 1 aliphatic rings. The maximum Gasteiger partial charge on any atom is 0.255 e. The van der Waals surface area contributed by atoms with Crippen molar-refractivity contribution >= 4 is 16.9 Å². The molecule has 0 radical (unpaired) electrons. The molecule has 1 amide bonds. The zero-order valence-electron chi connectivity index (χ0n) is 17.0. The van der Waals surface area contributed by atoms with Crippen molar-refractivity contribution in [2.24, 2.45) is 0 Å². The van der Waals surface area contributed by atoms with Crippen LogP contribution in [-0.4, -0.2) is 69.8 Å². The summed E-state index contributed by atoms with van der Waals surface area (Å²) in [6.45, 7) is 8.78. The number of rotatable bonds is 6. The van der Waals surface area contributed by atoms with Crippen molar-refractivity contribution in [2.75, 3.05) is 39.3 Å². The van der Waals surface area contributed by atoms with E-state index in [1.165, 1.54) is 0 Å². The maximum atomic E-state index is 12.9. The van der Waals surface area contributed by atoms with E-state index in [1.54, 1.807) is 12.4 Å². The Hall–Kier alpha value is -2.93. The summed E-state index contributed by atoms with van der Waals surface area (Å²) >= 11 is 0. The second-order valence-electron chi connectivity index (χ2n) is 7.62. The number of amides is 1. The number of piperazine rings is 1. The Labute approximate surface area is 170 Å². The molecule has 29 heavy (non-hydrogen) atoms. The van der Waals surface area contributed by atoms with Gasteiger partial charge in [0.15, 0.2) is 5.65 Å². The van der Waals surface area contributed by atoms with Gasteiger partial charge < -0.3 is 9.64 Å². The predicted molar refractivity (Wildman–Crippen MR) is 112 cm³/mol. The molecule has 0 spiro atoms. The minimum Gasteiger partial charge on any atom is -0.492 e. The number of benzene rings is 1. The van der Waals surface area contributed by atoms with Crippen LogP contribution in [0.4, 0.5) is 0 Å². The van der Waals surface area contributed by atoms with Gasteiger partial charge in [-0.3, -0.25) is 9.69 Å². The largest absolute Gasteiger partial charge is 0.492 e. The van der Waals surface area contributed by atoms with Crippen molar-refractivity contribution in [3.8, 4) is 5.75 Å². The monoisotopic (exact) mass is 393 g/mol. The predicted octanol–water partition coefficient (Wildman–Crippen LogP) is 2.85. The molecule has 1 aromatic carbocycles. The van der Waals surface area contributed by atoms with Gasteiger partial charge in [0.25, 0.3) is 5.91 Å². The van der Waals surface area contributed by atoms with E-state index in [1.807, 2.05) is 46.0 Å². The number of hydrogen-bond donors (Lipinski definition) is 0. The van der Waals surface area contributed by atoms with E-state index >= 15 is 0 Å². The summed E-state index contributed by atoms with van der Waals surface area (Å²) in [5.41, 5.74) is 1.45. The molecule has 7 heteroatoms. The molecule has 152 valence electrons. The summed E-state index contributed by atoms with van der Waals surface area (Å²) < 4.78 is 7.65. The number of hydrogen-bond acceptors (Lipinski definition) is 5. The average Bonchev–Trinajstić information content (AvgIpc) is 3.18. The number of nitrogens with zero attached hydrogens (tertiary/aromatic N) is 5. The summed E-state index contributed by atoms with van der Waals surface area (Å²) in [7, 11) is 0. The Morgan fingerprint density at radius 3 is 2.59 bits per heavy atom. The Bertz CT molecular complexity index is 962. The van der Waals surface area contributed by atoms with Crippen molar-refractivity contribution in [1.82, 2.24) is 24.6 Å². The first-order valence-corrected chi connectivity index (χ1v) is 10.1. The van der Waals surface area contributed by atoms with Gasteiger partial charge in [0.1, 0.15) is 12.4 Å². The van der Waals surface area contributed by atoms with E-state index in [-0.39, 0.29) is 11.9 Å². The summed E-state index contributed by atoms with van der Waals surface area (Å²) in [4.78, 5) is 21.6. The lowest BCUT2D eigenvalue weighted by atomic mass is 10.2. The minimum atomic E-state index is 0.0388. The molecular weight excluding hydrogens is 366 g/mol. The van der Waals surface area contributed by atoms with Gasteiger partial charge >= 0.3 is 0 Å². The van der Waals surface area contributed by atoms with E-state index in [0.717, 1.165) is 36.4 Å². The highest BCUT2D eigenvalue weighted by molar-refractivity contribution is 5.96. The SMILES string of the molecule is CC(C)n1ncc2cc(C(=O)N3CCN(CCOc4ccccc4)CC3)cnc21. The first kappa shape index (κ1) is 19.4. The fourth-order valence-electron chi connectivity index (χ4n) is 3.60. The molecule has 0 bridgehead atoms. The number of para-hydroxylation sites is 1. The molecule has 0 saturated carbocycles. The van der Waals surface area contributed by atoms with Crippen molar-refractivity contribution in [3.05, 3.63) is 54.4 Å². The smallest absolute Gasteiger partial charge is 0.255 e. The van der Waals surface area contributed by atoms with Crippen LogP contribution in [0.1, 0.15) is 30.2 Å². The number of carbonyl (C=O) groups excluding carboxylic acids is 1. The average molecular weight is 393 g/mol. The van der Waals surface area contributed by atoms with E-state index in [9.17, 15) is 4.79 Å². The van der Waals surface area contributed by atoms with Crippen LogP contribution in [0.25, 0.3) is 11.0 Å². The molecule has 1 saturated heterocycles. The van der Waals surface area contributed by atoms with Crippen LogP contribution in [0.5, 0.6) is 5.75 Å². The molecule has 1 aliphatic heterocycles. The molecule has 0 aliphatic carbocycles. The van der Waals surface area contributed by atoms with Gasteiger partial charge in [0.2, 0.25) is 0 Å². The van der Waals surface area contributed by atoms with Gasteiger partial charge in [-0.05, 0) is 32.0 Å². The highest BCUT2D eigenvalue weighted by Gasteiger charge is 2.23. The molecule has 0 N–H and O–H groups in total. The molecule has 3 aromatic rings. The Morgan fingerprint density at radius 2 is 1.86 bits per heavy atom. The number of ether oxygens (including phenoxy) is 1. The van der Waals surface area contributed by atoms with Gasteiger partial charge in [0.05, 0.1) is 11.8 Å². The lowest BCUT2D eigenvalue weighted by Gasteiger charge is -2.34. The Balaban J connectivity index is 1.30. The standard InChI is InChI=1S/C22H27N5O2/c1-17(2)27-21-18(16-24-27)14-19(15-23-21)22(28)26-10-8-25(9-11-26)12-13-29-20-6-4-3-5-7-20/h3-7,14-17H,8-13H2,1-2H3. The lowest BCUT2D eigenvalue weighted by molar-refractivity contribution is 0.0620. The summed E-state index contributed by atoms with van der Waals surface area (Å²) in [5.74, 6) is 0.932. The maximum absolute atomic E-state index is 12.9. The van der Waals surface area contributed by atoms with Gasteiger partial charge in [-0.25, -0.2) is 9.67 Å². The molecule has 3 heterocycles. The fourth-order valence-corrected chi connectivity index (χ4v) is 3.60. The van der Waals surface area contributed by atoms with Crippen molar-refractivity contribution in [3.63, 3.8) is 0 Å². The van der Waals surface area contributed by atoms with E-state index in [0.29, 0.717) is 25.3 Å². The van der Waals surface area contributed by atoms with Crippen LogP contribution in [0.2, 0.25) is 0 Å². The Kier molecular flexibility index (Phi) is 5.76. The Morgan fingerprint density at radius 1 is 1.10 bits per heavy atom. The van der Waals surface area contributed by atoms with Crippen LogP contribution >= 0.6 is 0 Å². The molecule has 2 aromatic heterocycles. The summed E-state index contributed by atoms with van der Waals surface area (Å²) in [6, 6.07) is 12.0. The topological polar surface area (TPSA) is 63.5 Å². The van der Waals surface area contributed by atoms with Crippen molar-refractivity contribution in [2.45, 2.75) is 19.9 Å². The molecule has 0 atom stereocenters. The van der Waals surface area contributed by atoms with Crippen LogP contribution in [0.15, 0.2) is 48.8 Å². The number of pyridine rings is 1. The summed E-state index contributed by atoms with van der Waals surface area (Å²) in [5, 5.41) is 5.28. The first-order chi connectivity index (χ1) is 14.1. The van der Waals surface area contributed by atoms with Gasteiger partial charge in [-0.1, -0.05) is 18.2 Å². The quantitative estimate of drug-likeness (QED) is 0.644.